The molecule has 0 aliphatic carbocycles. The van der Waals surface area contributed by atoms with Gasteiger partial charge in [-0.3, -0.25) is 4.99 Å². The van der Waals surface area contributed by atoms with Gasteiger partial charge >= 0.3 is 0 Å². The van der Waals surface area contributed by atoms with Crippen molar-refractivity contribution in [1.29, 1.82) is 0 Å². The summed E-state index contributed by atoms with van der Waals surface area (Å²) in [6, 6.07) is 11.4. The Morgan fingerprint density at radius 1 is 1.26 bits per heavy atom. The molecule has 0 bridgehead atoms. The molecule has 23 heavy (non-hydrogen) atoms. The van der Waals surface area contributed by atoms with Crippen molar-refractivity contribution in [3.63, 3.8) is 0 Å². The molecule has 0 aliphatic heterocycles. The maximum Gasteiger partial charge on any atom is 0.124 e. The van der Waals surface area contributed by atoms with E-state index in [1.54, 1.807) is 37.6 Å². The summed E-state index contributed by atoms with van der Waals surface area (Å²) < 4.78 is 18.5. The lowest BCUT2D eigenvalue weighted by molar-refractivity contribution is 0.306. The Hall–Kier alpha value is -2.40. The minimum Gasteiger partial charge on any atom is -0.507 e. The van der Waals surface area contributed by atoms with Crippen molar-refractivity contribution in [2.45, 2.75) is 6.04 Å². The third-order valence-electron chi connectivity index (χ3n) is 3.60. The molecule has 0 radical (unpaired) electrons. The van der Waals surface area contributed by atoms with E-state index in [9.17, 15) is 9.50 Å². The summed E-state index contributed by atoms with van der Waals surface area (Å²) in [4.78, 5) is 6.38. The summed E-state index contributed by atoms with van der Waals surface area (Å²) in [5.41, 5.74) is 1.45. The van der Waals surface area contributed by atoms with E-state index in [0.29, 0.717) is 17.9 Å². The fourth-order valence-electron chi connectivity index (χ4n) is 2.29. The van der Waals surface area contributed by atoms with Gasteiger partial charge < -0.3 is 14.7 Å². The molecule has 1 atom stereocenters. The predicted octanol–water partition coefficient (Wildman–Crippen LogP) is 3.26. The Morgan fingerprint density at radius 3 is 2.70 bits per heavy atom. The lowest BCUT2D eigenvalue weighted by Gasteiger charge is -2.23. The van der Waals surface area contributed by atoms with Crippen LogP contribution in [0.25, 0.3) is 0 Å². The molecule has 5 heteroatoms. The van der Waals surface area contributed by atoms with E-state index in [2.05, 4.69) is 4.99 Å². The number of rotatable bonds is 6. The Bertz CT molecular complexity index is 686. The van der Waals surface area contributed by atoms with Crippen molar-refractivity contribution < 1.29 is 14.2 Å². The maximum absolute atomic E-state index is 13.4. The minimum atomic E-state index is -0.260. The summed E-state index contributed by atoms with van der Waals surface area (Å²) in [6.07, 6.45) is 1.60. The number of aromatic hydroxyl groups is 1. The van der Waals surface area contributed by atoms with E-state index in [4.69, 9.17) is 4.74 Å². The molecule has 0 saturated heterocycles. The quantitative estimate of drug-likeness (QED) is 0.832. The van der Waals surface area contributed by atoms with Crippen LogP contribution in [0.4, 0.5) is 4.39 Å². The third kappa shape index (κ3) is 4.53. The summed E-state index contributed by atoms with van der Waals surface area (Å²) in [5.74, 6) is 0.531. The zero-order valence-electron chi connectivity index (χ0n) is 13.5. The van der Waals surface area contributed by atoms with Crippen LogP contribution in [0.5, 0.6) is 11.5 Å². The fourth-order valence-corrected chi connectivity index (χ4v) is 2.29. The summed E-state index contributed by atoms with van der Waals surface area (Å²) >= 11 is 0. The lowest BCUT2D eigenvalue weighted by Crippen LogP contribution is -2.22. The standard InChI is InChI=1S/C18H21FN2O2/c1-21(2)17(13-5-4-6-15(19)9-13)12-20-11-14-10-16(23-3)7-8-18(14)22/h4-11,17,22H,12H2,1-3H3/t17-/m0/s1. The van der Waals surface area contributed by atoms with E-state index >= 15 is 0 Å². The molecule has 2 aromatic carbocycles. The van der Waals surface area contributed by atoms with E-state index in [1.165, 1.54) is 12.1 Å². The normalized spacial score (nSPS) is 12.7. The number of nitrogens with zero attached hydrogens (tertiary/aromatic N) is 2. The van der Waals surface area contributed by atoms with Crippen LogP contribution >= 0.6 is 0 Å². The number of likely N-dealkylation sites (N-methyl/N-ethyl adjacent to an activating group) is 1. The molecule has 2 aromatic rings. The van der Waals surface area contributed by atoms with Crippen molar-refractivity contribution in [1.82, 2.24) is 4.90 Å². The van der Waals surface area contributed by atoms with Gasteiger partial charge in [-0.25, -0.2) is 4.39 Å². The van der Waals surface area contributed by atoms with Crippen molar-refractivity contribution in [3.05, 3.63) is 59.4 Å². The van der Waals surface area contributed by atoms with Crippen LogP contribution in [0.2, 0.25) is 0 Å². The molecular weight excluding hydrogens is 295 g/mol. The first-order valence-corrected chi connectivity index (χ1v) is 7.30. The zero-order valence-corrected chi connectivity index (χ0v) is 13.5. The Labute approximate surface area is 135 Å². The van der Waals surface area contributed by atoms with Crippen molar-refractivity contribution >= 4 is 6.21 Å². The molecule has 0 aromatic heterocycles. The van der Waals surface area contributed by atoms with Crippen molar-refractivity contribution in [3.8, 4) is 11.5 Å². The van der Waals surface area contributed by atoms with Crippen LogP contribution < -0.4 is 4.74 Å². The molecule has 0 spiro atoms. The van der Waals surface area contributed by atoms with Crippen LogP contribution in [0, 0.1) is 5.82 Å². The predicted molar refractivity (Wildman–Crippen MR) is 89.9 cm³/mol. The number of benzene rings is 2. The highest BCUT2D eigenvalue weighted by Crippen LogP contribution is 2.22. The van der Waals surface area contributed by atoms with Gasteiger partial charge in [0.15, 0.2) is 0 Å². The molecule has 0 unspecified atom stereocenters. The number of phenols is 1. The van der Waals surface area contributed by atoms with Gasteiger partial charge in [0.1, 0.15) is 17.3 Å². The Morgan fingerprint density at radius 2 is 2.04 bits per heavy atom. The average molecular weight is 316 g/mol. The van der Waals surface area contributed by atoms with Gasteiger partial charge in [0, 0.05) is 11.8 Å². The molecule has 0 heterocycles. The molecule has 0 amide bonds. The topological polar surface area (TPSA) is 45.1 Å². The van der Waals surface area contributed by atoms with Crippen LogP contribution in [0.15, 0.2) is 47.5 Å². The van der Waals surface area contributed by atoms with Gasteiger partial charge in [0.25, 0.3) is 0 Å². The monoisotopic (exact) mass is 316 g/mol. The van der Waals surface area contributed by atoms with Crippen molar-refractivity contribution in [2.24, 2.45) is 4.99 Å². The number of phenolic OH excluding ortho intramolecular Hbond substituents is 1. The van der Waals surface area contributed by atoms with Crippen LogP contribution in [0.1, 0.15) is 17.2 Å². The number of halogens is 1. The van der Waals surface area contributed by atoms with Gasteiger partial charge in [-0.1, -0.05) is 12.1 Å². The van der Waals surface area contributed by atoms with Gasteiger partial charge in [-0.2, -0.15) is 0 Å². The smallest absolute Gasteiger partial charge is 0.124 e. The van der Waals surface area contributed by atoms with E-state index < -0.39 is 0 Å². The SMILES string of the molecule is COc1ccc(O)c(C=NC[C@@H](c2cccc(F)c2)N(C)C)c1. The molecule has 2 rings (SSSR count). The highest BCUT2D eigenvalue weighted by molar-refractivity contribution is 5.84. The molecule has 0 aliphatic rings. The van der Waals surface area contributed by atoms with E-state index in [1.807, 2.05) is 25.1 Å². The number of ether oxygens (including phenoxy) is 1. The molecule has 0 fully saturated rings. The van der Waals surface area contributed by atoms with Crippen molar-refractivity contribution in [2.75, 3.05) is 27.7 Å². The number of hydrogen-bond acceptors (Lipinski definition) is 4. The molecule has 4 nitrogen and oxygen atoms in total. The third-order valence-corrected chi connectivity index (χ3v) is 3.60. The minimum absolute atomic E-state index is 0.0466. The van der Waals surface area contributed by atoms with Crippen LogP contribution in [-0.4, -0.2) is 44.0 Å². The number of hydrogen-bond donors (Lipinski definition) is 1. The second kappa shape index (κ2) is 7.74. The molecular formula is C18H21FN2O2. The van der Waals surface area contributed by atoms with Gasteiger partial charge in [0.05, 0.1) is 19.7 Å². The summed E-state index contributed by atoms with van der Waals surface area (Å²) in [6.45, 7) is 0.451. The largest absolute Gasteiger partial charge is 0.507 e. The van der Waals surface area contributed by atoms with Gasteiger partial charge in [-0.05, 0) is 50.0 Å². The second-order valence-electron chi connectivity index (χ2n) is 5.45. The highest BCUT2D eigenvalue weighted by atomic mass is 19.1. The Kier molecular flexibility index (Phi) is 5.71. The average Bonchev–Trinajstić information content (AvgIpc) is 2.52. The first kappa shape index (κ1) is 17.0. The summed E-state index contributed by atoms with van der Waals surface area (Å²) in [5, 5.41) is 9.85. The number of methoxy groups -OCH3 is 1. The van der Waals surface area contributed by atoms with E-state index in [-0.39, 0.29) is 17.6 Å². The molecule has 1 N–H and O–H groups in total. The molecule has 122 valence electrons. The van der Waals surface area contributed by atoms with Gasteiger partial charge in [-0.15, -0.1) is 0 Å². The number of aliphatic imine (C=N–C) groups is 1. The summed E-state index contributed by atoms with van der Waals surface area (Å²) in [7, 11) is 5.42. The first-order chi connectivity index (χ1) is 11.0. The molecule has 0 saturated carbocycles. The van der Waals surface area contributed by atoms with Gasteiger partial charge in [0.2, 0.25) is 0 Å². The zero-order chi connectivity index (χ0) is 16.8. The highest BCUT2D eigenvalue weighted by Gasteiger charge is 2.13. The second-order valence-corrected chi connectivity index (χ2v) is 5.45. The van der Waals surface area contributed by atoms with Crippen LogP contribution in [-0.2, 0) is 0 Å². The lowest BCUT2D eigenvalue weighted by atomic mass is 10.1. The Balaban J connectivity index is 2.16. The fraction of sp³-hybridized carbons (Fsp3) is 0.278. The van der Waals surface area contributed by atoms with Crippen LogP contribution in [0.3, 0.4) is 0 Å². The maximum atomic E-state index is 13.4. The van der Waals surface area contributed by atoms with E-state index in [0.717, 1.165) is 5.56 Å². The first-order valence-electron chi connectivity index (χ1n) is 7.30.